The van der Waals surface area contributed by atoms with Gasteiger partial charge in [-0.05, 0) is 62.6 Å². The molecule has 2 N–H and O–H groups in total. The quantitative estimate of drug-likeness (QED) is 0.909. The number of carbonyl (C=O) groups is 1. The van der Waals surface area contributed by atoms with Crippen molar-refractivity contribution in [3.8, 4) is 5.75 Å². The van der Waals surface area contributed by atoms with Crippen LogP contribution in [-0.4, -0.2) is 49.3 Å². The SMILES string of the molecule is COc1ccc(C[C@@H]2CC3(CCN(C(=O)C(C)(C)N)CC3)CO2)cc1. The number of nitrogens with two attached hydrogens (primary N) is 1. The Hall–Kier alpha value is -1.59. The molecule has 5 nitrogen and oxygen atoms in total. The number of methoxy groups -OCH3 is 1. The van der Waals surface area contributed by atoms with Crippen molar-refractivity contribution < 1.29 is 14.3 Å². The van der Waals surface area contributed by atoms with E-state index in [1.54, 1.807) is 21.0 Å². The minimum atomic E-state index is -0.784. The minimum absolute atomic E-state index is 0.0519. The van der Waals surface area contributed by atoms with Crippen molar-refractivity contribution in [2.45, 2.75) is 51.2 Å². The van der Waals surface area contributed by atoms with Crippen LogP contribution < -0.4 is 10.5 Å². The molecule has 0 unspecified atom stereocenters. The van der Waals surface area contributed by atoms with Gasteiger partial charge in [0.05, 0.1) is 25.4 Å². The average Bonchev–Trinajstić information content (AvgIpc) is 2.97. The van der Waals surface area contributed by atoms with Crippen LogP contribution in [0.4, 0.5) is 0 Å². The summed E-state index contributed by atoms with van der Waals surface area (Å²) in [6.45, 7) is 5.95. The van der Waals surface area contributed by atoms with E-state index in [9.17, 15) is 4.79 Å². The molecule has 1 spiro atoms. The van der Waals surface area contributed by atoms with Crippen LogP contribution in [0.3, 0.4) is 0 Å². The van der Waals surface area contributed by atoms with Gasteiger partial charge in [-0.15, -0.1) is 0 Å². The van der Waals surface area contributed by atoms with E-state index in [1.165, 1.54) is 5.56 Å². The Bertz CT molecular complexity index is 598. The number of rotatable bonds is 4. The van der Waals surface area contributed by atoms with Gasteiger partial charge in [-0.2, -0.15) is 0 Å². The Morgan fingerprint density at radius 3 is 2.52 bits per heavy atom. The molecule has 2 fully saturated rings. The van der Waals surface area contributed by atoms with Crippen molar-refractivity contribution in [2.75, 3.05) is 26.8 Å². The fraction of sp³-hybridized carbons (Fsp3) is 0.650. The molecule has 2 aliphatic rings. The van der Waals surface area contributed by atoms with E-state index in [0.29, 0.717) is 0 Å². The minimum Gasteiger partial charge on any atom is -0.497 e. The van der Waals surface area contributed by atoms with E-state index in [4.69, 9.17) is 15.2 Å². The summed E-state index contributed by atoms with van der Waals surface area (Å²) in [7, 11) is 1.68. The Morgan fingerprint density at radius 1 is 1.32 bits per heavy atom. The third kappa shape index (κ3) is 4.15. The van der Waals surface area contributed by atoms with Crippen LogP contribution in [-0.2, 0) is 16.0 Å². The second-order valence-electron chi connectivity index (χ2n) is 8.20. The van der Waals surface area contributed by atoms with Gasteiger partial charge in [0.25, 0.3) is 0 Å². The van der Waals surface area contributed by atoms with Gasteiger partial charge in [0, 0.05) is 13.1 Å². The summed E-state index contributed by atoms with van der Waals surface area (Å²) < 4.78 is 11.3. The highest BCUT2D eigenvalue weighted by molar-refractivity contribution is 5.85. The van der Waals surface area contributed by atoms with Crippen LogP contribution in [0.2, 0.25) is 0 Å². The van der Waals surface area contributed by atoms with Crippen molar-refractivity contribution >= 4 is 5.91 Å². The number of hydrogen-bond donors (Lipinski definition) is 1. The third-order valence-corrected chi connectivity index (χ3v) is 5.57. The van der Waals surface area contributed by atoms with Gasteiger partial charge >= 0.3 is 0 Å². The predicted molar refractivity (Wildman–Crippen MR) is 97.6 cm³/mol. The lowest BCUT2D eigenvalue weighted by atomic mass is 9.76. The standard InChI is InChI=1S/C20H30N2O3/c1-19(2,21)18(23)22-10-8-20(9-11-22)13-17(25-14-20)12-15-4-6-16(24-3)7-5-15/h4-7,17H,8-14,21H2,1-3H3/t17-/m1/s1. The topological polar surface area (TPSA) is 64.8 Å². The predicted octanol–water partition coefficient (Wildman–Crippen LogP) is 2.37. The molecule has 0 aromatic heterocycles. The summed E-state index contributed by atoms with van der Waals surface area (Å²) in [6, 6.07) is 8.22. The summed E-state index contributed by atoms with van der Waals surface area (Å²) >= 11 is 0. The van der Waals surface area contributed by atoms with Crippen LogP contribution in [0.1, 0.15) is 38.7 Å². The van der Waals surface area contributed by atoms with Gasteiger partial charge in [-0.25, -0.2) is 0 Å². The molecule has 0 aliphatic carbocycles. The highest BCUT2D eigenvalue weighted by atomic mass is 16.5. The first-order valence-electron chi connectivity index (χ1n) is 9.14. The second-order valence-corrected chi connectivity index (χ2v) is 8.20. The first-order chi connectivity index (χ1) is 11.8. The maximum absolute atomic E-state index is 12.3. The van der Waals surface area contributed by atoms with Crippen molar-refractivity contribution in [3.63, 3.8) is 0 Å². The summed E-state index contributed by atoms with van der Waals surface area (Å²) in [5.41, 5.74) is 6.68. The number of ether oxygens (including phenoxy) is 2. The average molecular weight is 346 g/mol. The van der Waals surface area contributed by atoms with Gasteiger partial charge in [0.15, 0.2) is 0 Å². The Labute approximate surface area is 150 Å². The molecule has 3 rings (SSSR count). The zero-order chi connectivity index (χ0) is 18.1. The number of piperidine rings is 1. The fourth-order valence-electron chi connectivity index (χ4n) is 3.99. The van der Waals surface area contributed by atoms with Gasteiger partial charge in [0.1, 0.15) is 5.75 Å². The summed E-state index contributed by atoms with van der Waals surface area (Å²) in [5.74, 6) is 0.934. The number of nitrogens with zero attached hydrogens (tertiary/aromatic N) is 1. The smallest absolute Gasteiger partial charge is 0.242 e. The molecule has 1 aromatic rings. The number of carbonyl (C=O) groups excluding carboxylic acids is 1. The van der Waals surface area contributed by atoms with Crippen LogP contribution in [0.25, 0.3) is 0 Å². The van der Waals surface area contributed by atoms with E-state index >= 15 is 0 Å². The molecule has 2 saturated heterocycles. The van der Waals surface area contributed by atoms with Crippen molar-refractivity contribution in [3.05, 3.63) is 29.8 Å². The largest absolute Gasteiger partial charge is 0.497 e. The molecule has 1 aromatic carbocycles. The van der Waals surface area contributed by atoms with Gasteiger partial charge < -0.3 is 20.1 Å². The molecular formula is C20H30N2O3. The van der Waals surface area contributed by atoms with E-state index in [0.717, 1.165) is 51.1 Å². The van der Waals surface area contributed by atoms with E-state index < -0.39 is 5.54 Å². The monoisotopic (exact) mass is 346 g/mol. The van der Waals surface area contributed by atoms with Crippen molar-refractivity contribution in [1.82, 2.24) is 4.90 Å². The molecular weight excluding hydrogens is 316 g/mol. The zero-order valence-corrected chi connectivity index (χ0v) is 15.6. The number of likely N-dealkylation sites (tertiary alicyclic amines) is 1. The normalized spacial score (nSPS) is 23.0. The molecule has 2 aliphatic heterocycles. The Balaban J connectivity index is 1.53. The van der Waals surface area contributed by atoms with E-state index in [1.807, 2.05) is 17.0 Å². The lowest BCUT2D eigenvalue weighted by molar-refractivity contribution is -0.138. The maximum Gasteiger partial charge on any atom is 0.242 e. The highest BCUT2D eigenvalue weighted by Crippen LogP contribution is 2.43. The number of benzene rings is 1. The van der Waals surface area contributed by atoms with Gasteiger partial charge in [-0.3, -0.25) is 4.79 Å². The molecule has 1 atom stereocenters. The summed E-state index contributed by atoms with van der Waals surface area (Å²) in [6.07, 6.45) is 4.29. The summed E-state index contributed by atoms with van der Waals surface area (Å²) in [4.78, 5) is 14.3. The zero-order valence-electron chi connectivity index (χ0n) is 15.6. The molecule has 5 heteroatoms. The van der Waals surface area contributed by atoms with Gasteiger partial charge in [0.2, 0.25) is 5.91 Å². The Morgan fingerprint density at radius 2 is 1.96 bits per heavy atom. The maximum atomic E-state index is 12.3. The highest BCUT2D eigenvalue weighted by Gasteiger charge is 2.44. The first kappa shape index (κ1) is 18.2. The van der Waals surface area contributed by atoms with Crippen molar-refractivity contribution in [1.29, 1.82) is 0 Å². The lowest BCUT2D eigenvalue weighted by Gasteiger charge is -2.40. The molecule has 0 saturated carbocycles. The van der Waals surface area contributed by atoms with Crippen molar-refractivity contribution in [2.24, 2.45) is 11.1 Å². The molecule has 138 valence electrons. The lowest BCUT2D eigenvalue weighted by Crippen LogP contribution is -2.54. The molecule has 0 bridgehead atoms. The second kappa shape index (κ2) is 6.96. The van der Waals surface area contributed by atoms with Gasteiger partial charge in [-0.1, -0.05) is 12.1 Å². The fourth-order valence-corrected chi connectivity index (χ4v) is 3.99. The van der Waals surface area contributed by atoms with Crippen LogP contribution >= 0.6 is 0 Å². The van der Waals surface area contributed by atoms with E-state index in [-0.39, 0.29) is 17.4 Å². The molecule has 2 heterocycles. The molecule has 1 amide bonds. The molecule has 0 radical (unpaired) electrons. The van der Waals surface area contributed by atoms with E-state index in [2.05, 4.69) is 12.1 Å². The van der Waals surface area contributed by atoms with Crippen LogP contribution in [0, 0.1) is 5.41 Å². The van der Waals surface area contributed by atoms with Crippen LogP contribution in [0.15, 0.2) is 24.3 Å². The van der Waals surface area contributed by atoms with Crippen LogP contribution in [0.5, 0.6) is 5.75 Å². The first-order valence-corrected chi connectivity index (χ1v) is 9.14. The Kier molecular flexibility index (Phi) is 5.07. The number of hydrogen-bond acceptors (Lipinski definition) is 4. The number of amides is 1. The molecule has 25 heavy (non-hydrogen) atoms. The third-order valence-electron chi connectivity index (χ3n) is 5.57. The summed E-state index contributed by atoms with van der Waals surface area (Å²) in [5, 5.41) is 0.